The summed E-state index contributed by atoms with van der Waals surface area (Å²) in [6.07, 6.45) is 0.302. The number of rotatable bonds is 3. The third kappa shape index (κ3) is 2.61. The summed E-state index contributed by atoms with van der Waals surface area (Å²) in [4.78, 5) is 3.77. The van der Waals surface area contributed by atoms with E-state index < -0.39 is 0 Å². The van der Waals surface area contributed by atoms with Gasteiger partial charge in [0.25, 0.3) is 0 Å². The van der Waals surface area contributed by atoms with Crippen molar-refractivity contribution < 1.29 is 0 Å². The molecule has 1 heterocycles. The fourth-order valence-corrected chi connectivity index (χ4v) is 2.30. The van der Waals surface area contributed by atoms with Crippen molar-refractivity contribution in [2.45, 2.75) is 13.3 Å². The molecule has 0 amide bonds. The topological polar surface area (TPSA) is 39.6 Å². The zero-order valence-electron chi connectivity index (χ0n) is 9.83. The third-order valence-corrected chi connectivity index (χ3v) is 3.37. The van der Waals surface area contributed by atoms with Crippen molar-refractivity contribution in [3.8, 4) is 6.07 Å². The molecule has 0 saturated heterocycles. The number of nitrogens with one attached hydrogen (secondary N) is 1. The van der Waals surface area contributed by atoms with Crippen LogP contribution >= 0.6 is 23.8 Å². The molecule has 0 saturated carbocycles. The van der Waals surface area contributed by atoms with Gasteiger partial charge < -0.3 is 4.98 Å². The van der Waals surface area contributed by atoms with Crippen LogP contribution in [0, 0.1) is 18.3 Å². The van der Waals surface area contributed by atoms with Crippen molar-refractivity contribution in [2.75, 3.05) is 0 Å². The van der Waals surface area contributed by atoms with E-state index in [1.165, 1.54) is 5.56 Å². The van der Waals surface area contributed by atoms with Gasteiger partial charge in [0.1, 0.15) is 0 Å². The molecule has 0 atom stereocenters. The Hall–Kier alpha value is -1.63. The monoisotopic (exact) mass is 274 g/mol. The lowest BCUT2D eigenvalue weighted by Crippen LogP contribution is -2.01. The lowest BCUT2D eigenvalue weighted by molar-refractivity contribution is 1.15. The number of hydrogen-bond acceptors (Lipinski definition) is 2. The predicted octanol–water partition coefficient (Wildman–Crippen LogP) is 3.81. The Labute approximate surface area is 116 Å². The molecule has 90 valence electrons. The fourth-order valence-electron chi connectivity index (χ4n) is 1.68. The molecule has 1 aromatic carbocycles. The van der Waals surface area contributed by atoms with Crippen LogP contribution in [0.2, 0.25) is 5.02 Å². The van der Waals surface area contributed by atoms with Crippen LogP contribution in [0.4, 0.5) is 0 Å². The number of nitriles is 1. The molecule has 2 nitrogen and oxygen atoms in total. The number of nitrogens with zero attached hydrogens (tertiary/aromatic N) is 1. The first-order valence-corrected chi connectivity index (χ1v) is 6.26. The standard InChI is InChI=1S/C14H11ClN2S/c1-9-2-4-10(5-3-9)14(18)13-12(15)8-11(17-13)6-7-16/h2-5,8,17H,6H2,1H3. The average Bonchev–Trinajstić information content (AvgIpc) is 2.71. The van der Waals surface area contributed by atoms with Crippen LogP contribution < -0.4 is 0 Å². The van der Waals surface area contributed by atoms with E-state index >= 15 is 0 Å². The first-order chi connectivity index (χ1) is 8.61. The second-order valence-corrected chi connectivity index (χ2v) is 4.86. The summed E-state index contributed by atoms with van der Waals surface area (Å²) in [5.74, 6) is 0. The molecule has 0 aliphatic carbocycles. The summed E-state index contributed by atoms with van der Waals surface area (Å²) < 4.78 is 0. The van der Waals surface area contributed by atoms with Gasteiger partial charge in [-0.2, -0.15) is 5.26 Å². The molecule has 0 unspecified atom stereocenters. The minimum Gasteiger partial charge on any atom is -0.356 e. The maximum absolute atomic E-state index is 8.66. The number of halogens is 1. The number of H-pyrrole nitrogens is 1. The first kappa shape index (κ1) is 12.8. The Morgan fingerprint density at radius 1 is 1.39 bits per heavy atom. The van der Waals surface area contributed by atoms with Crippen LogP contribution in [-0.4, -0.2) is 9.85 Å². The number of hydrogen-bond donors (Lipinski definition) is 1. The predicted molar refractivity (Wildman–Crippen MR) is 77.1 cm³/mol. The van der Waals surface area contributed by atoms with E-state index in [0.717, 1.165) is 11.3 Å². The maximum atomic E-state index is 8.66. The van der Waals surface area contributed by atoms with Gasteiger partial charge in [-0.25, -0.2) is 0 Å². The smallest absolute Gasteiger partial charge is 0.0761 e. The highest BCUT2D eigenvalue weighted by atomic mass is 35.5. The quantitative estimate of drug-likeness (QED) is 0.683. The number of aromatic nitrogens is 1. The molecule has 0 fully saturated rings. The van der Waals surface area contributed by atoms with Gasteiger partial charge in [0.05, 0.1) is 28.1 Å². The van der Waals surface area contributed by atoms with Gasteiger partial charge in [-0.1, -0.05) is 53.6 Å². The van der Waals surface area contributed by atoms with Gasteiger partial charge in [0.15, 0.2) is 0 Å². The lowest BCUT2D eigenvalue weighted by Gasteiger charge is -2.03. The Balaban J connectivity index is 2.34. The van der Waals surface area contributed by atoms with Gasteiger partial charge in [0.2, 0.25) is 0 Å². The van der Waals surface area contributed by atoms with Crippen molar-refractivity contribution >= 4 is 28.7 Å². The van der Waals surface area contributed by atoms with Crippen molar-refractivity contribution in [1.29, 1.82) is 5.26 Å². The highest BCUT2D eigenvalue weighted by Crippen LogP contribution is 2.21. The highest BCUT2D eigenvalue weighted by Gasteiger charge is 2.12. The van der Waals surface area contributed by atoms with Gasteiger partial charge >= 0.3 is 0 Å². The fraction of sp³-hybridized carbons (Fsp3) is 0.143. The number of aromatic amines is 1. The third-order valence-electron chi connectivity index (χ3n) is 2.64. The SMILES string of the molecule is Cc1ccc(C(=S)c2[nH]c(CC#N)cc2Cl)cc1. The van der Waals surface area contributed by atoms with E-state index in [9.17, 15) is 0 Å². The van der Waals surface area contributed by atoms with Crippen molar-refractivity contribution in [2.24, 2.45) is 0 Å². The Bertz CT molecular complexity index is 620. The Morgan fingerprint density at radius 3 is 2.67 bits per heavy atom. The molecular weight excluding hydrogens is 264 g/mol. The van der Waals surface area contributed by atoms with E-state index in [4.69, 9.17) is 29.1 Å². The minimum absolute atomic E-state index is 0.302. The summed E-state index contributed by atoms with van der Waals surface area (Å²) in [6, 6.07) is 11.8. The summed E-state index contributed by atoms with van der Waals surface area (Å²) in [6.45, 7) is 2.03. The molecule has 2 rings (SSSR count). The molecule has 1 aromatic heterocycles. The molecule has 0 aliphatic rings. The van der Waals surface area contributed by atoms with Crippen molar-refractivity contribution in [3.63, 3.8) is 0 Å². The molecule has 18 heavy (non-hydrogen) atoms. The van der Waals surface area contributed by atoms with Crippen LogP contribution in [-0.2, 0) is 6.42 Å². The molecule has 2 aromatic rings. The van der Waals surface area contributed by atoms with E-state index in [2.05, 4.69) is 11.1 Å². The summed E-state index contributed by atoms with van der Waals surface area (Å²) in [5.41, 5.74) is 3.62. The largest absolute Gasteiger partial charge is 0.356 e. The zero-order valence-corrected chi connectivity index (χ0v) is 11.4. The van der Waals surface area contributed by atoms with Gasteiger partial charge in [-0.3, -0.25) is 0 Å². The van der Waals surface area contributed by atoms with E-state index in [-0.39, 0.29) is 0 Å². The van der Waals surface area contributed by atoms with E-state index in [1.54, 1.807) is 6.07 Å². The molecule has 0 spiro atoms. The second kappa shape index (κ2) is 5.34. The van der Waals surface area contributed by atoms with Gasteiger partial charge in [-0.05, 0) is 18.6 Å². The highest BCUT2D eigenvalue weighted by molar-refractivity contribution is 7.81. The zero-order chi connectivity index (χ0) is 13.1. The molecule has 1 N–H and O–H groups in total. The molecule has 0 aliphatic heterocycles. The molecule has 0 bridgehead atoms. The first-order valence-electron chi connectivity index (χ1n) is 5.47. The maximum Gasteiger partial charge on any atom is 0.0761 e. The summed E-state index contributed by atoms with van der Waals surface area (Å²) in [5, 5.41) is 9.22. The molecule has 0 radical (unpaired) electrons. The van der Waals surface area contributed by atoms with Gasteiger partial charge in [-0.15, -0.1) is 0 Å². The number of aryl methyl sites for hydroxylation is 1. The van der Waals surface area contributed by atoms with E-state index in [1.807, 2.05) is 31.2 Å². The summed E-state index contributed by atoms with van der Waals surface area (Å²) >= 11 is 11.5. The molecule has 4 heteroatoms. The van der Waals surface area contributed by atoms with Crippen LogP contribution in [0.3, 0.4) is 0 Å². The van der Waals surface area contributed by atoms with Crippen LogP contribution in [0.25, 0.3) is 0 Å². The van der Waals surface area contributed by atoms with Crippen molar-refractivity contribution in [3.05, 3.63) is 57.9 Å². The Morgan fingerprint density at radius 2 is 2.06 bits per heavy atom. The van der Waals surface area contributed by atoms with E-state index in [0.29, 0.717) is 22.0 Å². The van der Waals surface area contributed by atoms with Crippen LogP contribution in [0.1, 0.15) is 22.5 Å². The van der Waals surface area contributed by atoms with Crippen LogP contribution in [0.15, 0.2) is 30.3 Å². The second-order valence-electron chi connectivity index (χ2n) is 4.05. The van der Waals surface area contributed by atoms with Gasteiger partial charge in [0, 0.05) is 5.69 Å². The van der Waals surface area contributed by atoms with Crippen LogP contribution in [0.5, 0.6) is 0 Å². The Kier molecular flexibility index (Phi) is 3.81. The van der Waals surface area contributed by atoms with Crippen molar-refractivity contribution in [1.82, 2.24) is 4.98 Å². The summed E-state index contributed by atoms with van der Waals surface area (Å²) in [7, 11) is 0. The minimum atomic E-state index is 0.302. The number of thiocarbonyl (C=S) groups is 1. The lowest BCUT2D eigenvalue weighted by atomic mass is 10.1. The number of benzene rings is 1. The normalized spacial score (nSPS) is 10.1. The molecular formula is C14H11ClN2S. The average molecular weight is 275 g/mol.